The number of anilines is 1. The number of nitrogens with one attached hydrogen (secondary N) is 4. The van der Waals surface area contributed by atoms with Crippen LogP contribution in [0.3, 0.4) is 0 Å². The van der Waals surface area contributed by atoms with Gasteiger partial charge in [0.05, 0.1) is 4.92 Å². The van der Waals surface area contributed by atoms with Crippen molar-refractivity contribution in [2.24, 2.45) is 17.6 Å². The summed E-state index contributed by atoms with van der Waals surface area (Å²) < 4.78 is 30.2. The van der Waals surface area contributed by atoms with Crippen molar-refractivity contribution in [1.29, 1.82) is 5.41 Å². The number of carbonyl (C=O) groups excluding carboxylic acids is 2. The number of non-ortho nitro benzene ring substituents is 1. The lowest BCUT2D eigenvalue weighted by Crippen LogP contribution is -2.46. The molecule has 0 bridgehead atoms. The lowest BCUT2D eigenvalue weighted by Gasteiger charge is -2.28. The Labute approximate surface area is 277 Å². The summed E-state index contributed by atoms with van der Waals surface area (Å²) >= 11 is 0. The maximum Gasteiger partial charge on any atom is 0.326 e. The Morgan fingerprint density at radius 3 is 2.04 bits per heavy atom. The number of rotatable bonds is 12. The molecule has 3 aromatic rings. The van der Waals surface area contributed by atoms with Gasteiger partial charge in [0.15, 0.2) is 5.96 Å². The summed E-state index contributed by atoms with van der Waals surface area (Å²) in [4.78, 5) is 46.1. The van der Waals surface area contributed by atoms with Crippen LogP contribution in [0.2, 0.25) is 0 Å². The molecule has 0 saturated heterocycles. The Balaban J connectivity index is 0.000000275. The minimum Gasteiger partial charge on any atom is -0.480 e. The van der Waals surface area contributed by atoms with Crippen LogP contribution in [0.1, 0.15) is 47.2 Å². The summed E-state index contributed by atoms with van der Waals surface area (Å²) in [6.07, 6.45) is 2.97. The molecule has 0 aromatic heterocycles. The van der Waals surface area contributed by atoms with Gasteiger partial charge in [0.1, 0.15) is 11.8 Å². The molecule has 1 fully saturated rings. The molecule has 16 heteroatoms. The summed E-state index contributed by atoms with van der Waals surface area (Å²) in [7, 11) is -4.06. The van der Waals surface area contributed by atoms with Crippen molar-refractivity contribution in [3.05, 3.63) is 106 Å². The monoisotopic (exact) mass is 682 g/mol. The lowest BCUT2D eigenvalue weighted by molar-refractivity contribution is -0.384. The minimum absolute atomic E-state index is 0.0525. The molecule has 0 heterocycles. The quantitative estimate of drug-likeness (QED) is 0.0479. The number of nitro benzene ring substituents is 1. The van der Waals surface area contributed by atoms with E-state index in [0.717, 1.165) is 12.8 Å². The van der Waals surface area contributed by atoms with E-state index in [1.165, 1.54) is 48.5 Å². The van der Waals surface area contributed by atoms with E-state index >= 15 is 0 Å². The highest BCUT2D eigenvalue weighted by molar-refractivity contribution is 7.85. The Hall–Kier alpha value is -5.35. The number of hydrogen-bond donors (Lipinski definition) is 7. The molecule has 1 saturated carbocycles. The Morgan fingerprint density at radius 2 is 1.52 bits per heavy atom. The topological polar surface area (TPSA) is 255 Å². The van der Waals surface area contributed by atoms with Crippen molar-refractivity contribution in [3.63, 3.8) is 0 Å². The van der Waals surface area contributed by atoms with Gasteiger partial charge in [-0.25, -0.2) is 4.79 Å². The van der Waals surface area contributed by atoms with E-state index in [0.29, 0.717) is 47.7 Å². The Kier molecular flexibility index (Phi) is 13.6. The molecule has 1 atom stereocenters. The standard InChI is InChI=1S/C18H25N5O5.C14H13NO4S/c19-18(20)21-10-12-1-5-13(6-2-12)16(24)22-15(17(25)26)9-11-3-7-14(8-4-11)23(27)28;16-14(15-13-4-2-1-3-5-13)12-8-6-11(7-9-12)10-20(17,18)19/h3-4,7-8,12-13,15H,1-2,5-6,9-10H2,(H,22,24)(H,25,26)(H4,19,20,21);1-9H,10H2,(H,15,16)(H,17,18,19)/t12-,13-,15-;/m0./s1. The van der Waals surface area contributed by atoms with E-state index in [9.17, 15) is 38.0 Å². The van der Waals surface area contributed by atoms with E-state index < -0.39 is 32.8 Å². The first kappa shape index (κ1) is 37.1. The van der Waals surface area contributed by atoms with Crippen LogP contribution in [0.15, 0.2) is 78.9 Å². The Bertz CT molecular complexity index is 1680. The van der Waals surface area contributed by atoms with Crippen LogP contribution < -0.4 is 21.7 Å². The molecule has 0 spiro atoms. The van der Waals surface area contributed by atoms with Crippen LogP contribution in [0, 0.1) is 27.4 Å². The molecule has 0 aliphatic heterocycles. The number of benzene rings is 3. The average Bonchev–Trinajstić information content (AvgIpc) is 3.04. The third kappa shape index (κ3) is 12.8. The number of aliphatic carboxylic acids is 1. The third-order valence-electron chi connectivity index (χ3n) is 7.60. The van der Waals surface area contributed by atoms with E-state index in [2.05, 4.69) is 16.0 Å². The lowest BCUT2D eigenvalue weighted by atomic mass is 9.81. The number of nitro groups is 1. The van der Waals surface area contributed by atoms with Gasteiger partial charge in [0.25, 0.3) is 21.7 Å². The smallest absolute Gasteiger partial charge is 0.326 e. The summed E-state index contributed by atoms with van der Waals surface area (Å²) in [5, 5.41) is 35.4. The van der Waals surface area contributed by atoms with Crippen molar-refractivity contribution in [2.75, 3.05) is 11.9 Å². The van der Waals surface area contributed by atoms with Crippen LogP contribution in [-0.2, 0) is 31.9 Å². The highest BCUT2D eigenvalue weighted by Gasteiger charge is 2.29. The fraction of sp³-hybridized carbons (Fsp3) is 0.312. The van der Waals surface area contributed by atoms with Crippen LogP contribution in [0.4, 0.5) is 11.4 Å². The second kappa shape index (κ2) is 17.5. The molecule has 0 unspecified atom stereocenters. The van der Waals surface area contributed by atoms with Crippen LogP contribution >= 0.6 is 0 Å². The molecule has 0 radical (unpaired) electrons. The Morgan fingerprint density at radius 1 is 0.938 bits per heavy atom. The number of carboxylic acid groups (broad SMARTS) is 1. The van der Waals surface area contributed by atoms with Crippen LogP contribution in [-0.4, -0.2) is 59.3 Å². The molecule has 48 heavy (non-hydrogen) atoms. The predicted octanol–water partition coefficient (Wildman–Crippen LogP) is 3.32. The first-order valence-corrected chi connectivity index (χ1v) is 16.6. The minimum atomic E-state index is -4.06. The fourth-order valence-electron chi connectivity index (χ4n) is 5.05. The molecule has 4 rings (SSSR count). The van der Waals surface area contributed by atoms with Crippen molar-refractivity contribution >= 4 is 45.2 Å². The van der Waals surface area contributed by atoms with Crippen LogP contribution in [0.25, 0.3) is 0 Å². The number of nitrogens with two attached hydrogens (primary N) is 1. The van der Waals surface area contributed by atoms with Crippen LogP contribution in [0.5, 0.6) is 0 Å². The molecule has 15 nitrogen and oxygen atoms in total. The van der Waals surface area contributed by atoms with Gasteiger partial charge in [0, 0.05) is 42.3 Å². The molecule has 8 N–H and O–H groups in total. The van der Waals surface area contributed by atoms with Crippen molar-refractivity contribution in [3.8, 4) is 0 Å². The highest BCUT2D eigenvalue weighted by atomic mass is 32.2. The first-order valence-electron chi connectivity index (χ1n) is 14.9. The number of para-hydroxylation sites is 1. The van der Waals surface area contributed by atoms with Crippen molar-refractivity contribution in [2.45, 2.75) is 43.9 Å². The highest BCUT2D eigenvalue weighted by Crippen LogP contribution is 2.28. The van der Waals surface area contributed by atoms with Gasteiger partial charge < -0.3 is 26.8 Å². The molecule has 3 aromatic carbocycles. The zero-order valence-electron chi connectivity index (χ0n) is 25.9. The molecule has 2 amide bonds. The summed E-state index contributed by atoms with van der Waals surface area (Å²) in [5.74, 6) is -2.16. The van der Waals surface area contributed by atoms with Gasteiger partial charge >= 0.3 is 5.97 Å². The zero-order chi connectivity index (χ0) is 35.3. The molecular formula is C32H38N6O9S. The van der Waals surface area contributed by atoms with E-state index in [-0.39, 0.29) is 35.8 Å². The van der Waals surface area contributed by atoms with E-state index in [1.54, 1.807) is 12.1 Å². The zero-order valence-corrected chi connectivity index (χ0v) is 26.7. The molecule has 1 aliphatic rings. The largest absolute Gasteiger partial charge is 0.480 e. The number of guanidine groups is 1. The van der Waals surface area contributed by atoms with Gasteiger partial charge in [-0.3, -0.25) is 29.7 Å². The van der Waals surface area contributed by atoms with Gasteiger partial charge in [-0.1, -0.05) is 42.5 Å². The van der Waals surface area contributed by atoms with Crippen molar-refractivity contribution < 1.29 is 37.4 Å². The number of carbonyl (C=O) groups is 3. The second-order valence-corrected chi connectivity index (χ2v) is 12.7. The van der Waals surface area contributed by atoms with Gasteiger partial charge in [-0.2, -0.15) is 8.42 Å². The van der Waals surface area contributed by atoms with Gasteiger partial charge in [0.2, 0.25) is 5.91 Å². The summed E-state index contributed by atoms with van der Waals surface area (Å²) in [6.45, 7) is 0.599. The fourth-order valence-corrected chi connectivity index (χ4v) is 5.66. The summed E-state index contributed by atoms with van der Waals surface area (Å²) in [5.41, 5.74) is 7.31. The first-order chi connectivity index (χ1) is 22.7. The second-order valence-electron chi connectivity index (χ2n) is 11.3. The summed E-state index contributed by atoms with van der Waals surface area (Å²) in [6, 6.07) is 19.5. The number of nitrogens with zero attached hydrogens (tertiary/aromatic N) is 1. The van der Waals surface area contributed by atoms with E-state index in [4.69, 9.17) is 15.7 Å². The molecule has 256 valence electrons. The molecule has 1 aliphatic carbocycles. The predicted molar refractivity (Wildman–Crippen MR) is 178 cm³/mol. The number of hydrogen-bond acceptors (Lipinski definition) is 8. The number of carboxylic acids is 1. The number of amides is 2. The van der Waals surface area contributed by atoms with E-state index in [1.807, 2.05) is 18.2 Å². The van der Waals surface area contributed by atoms with Crippen molar-refractivity contribution in [1.82, 2.24) is 10.6 Å². The third-order valence-corrected chi connectivity index (χ3v) is 8.30. The SMILES string of the molecule is N=C(N)NC[C@H]1CC[C@H](C(=O)N[C@@H](Cc2ccc([N+](=O)[O-])cc2)C(=O)O)CC1.O=C(Nc1ccccc1)c1ccc(CS(=O)(=O)O)cc1. The van der Waals surface area contributed by atoms with Gasteiger partial charge in [-0.15, -0.1) is 0 Å². The average molecular weight is 683 g/mol. The normalized spacial score (nSPS) is 16.3. The molecular weight excluding hydrogens is 644 g/mol. The maximum absolute atomic E-state index is 12.5. The van der Waals surface area contributed by atoms with Gasteiger partial charge in [-0.05, 0) is 67.0 Å². The maximum atomic E-state index is 12.5.